The number of hydrogen-bond acceptors (Lipinski definition) is 4. The molecule has 0 fully saturated rings. The van der Waals surface area contributed by atoms with E-state index in [0.717, 1.165) is 41.5 Å². The summed E-state index contributed by atoms with van der Waals surface area (Å²) in [5, 5.41) is 20.8. The maximum Gasteiger partial charge on any atom is 0.166 e. The van der Waals surface area contributed by atoms with Crippen molar-refractivity contribution in [2.24, 2.45) is 0 Å². The summed E-state index contributed by atoms with van der Waals surface area (Å²) in [5.41, 5.74) is 4.57. The fraction of sp³-hybridized carbons (Fsp3) is 0.400. The number of aromatic hydroxyl groups is 2. The Morgan fingerprint density at radius 3 is 2.52 bits per heavy atom. The van der Waals surface area contributed by atoms with Gasteiger partial charge in [-0.3, -0.25) is 0 Å². The fourth-order valence-corrected chi connectivity index (χ4v) is 4.46. The molecule has 2 aromatic carbocycles. The third-order valence-corrected chi connectivity index (χ3v) is 5.94. The molecule has 25 heavy (non-hydrogen) atoms. The molecule has 4 rings (SSSR count). The molecule has 2 unspecified atom stereocenters. The van der Waals surface area contributed by atoms with Gasteiger partial charge in [-0.2, -0.15) is 0 Å². The number of quaternary nitrogens is 1. The van der Waals surface area contributed by atoms with Crippen LogP contribution in [-0.2, 0) is 19.4 Å². The Morgan fingerprint density at radius 2 is 1.80 bits per heavy atom. The zero-order valence-electron chi connectivity index (χ0n) is 14.9. The number of ether oxygens (including phenoxy) is 2. The van der Waals surface area contributed by atoms with Gasteiger partial charge in [0.2, 0.25) is 0 Å². The van der Waals surface area contributed by atoms with Crippen LogP contribution in [0.1, 0.15) is 28.3 Å². The normalized spacial score (nSPS) is 24.0. The Kier molecular flexibility index (Phi) is 3.58. The van der Waals surface area contributed by atoms with Gasteiger partial charge in [0.1, 0.15) is 12.6 Å². The Hall–Kier alpha value is -2.40. The molecule has 0 radical (unpaired) electrons. The van der Waals surface area contributed by atoms with E-state index >= 15 is 0 Å². The van der Waals surface area contributed by atoms with Gasteiger partial charge in [0, 0.05) is 18.4 Å². The van der Waals surface area contributed by atoms with Crippen LogP contribution < -0.4 is 9.47 Å². The lowest BCUT2D eigenvalue weighted by molar-refractivity contribution is -0.956. The van der Waals surface area contributed by atoms with Crippen LogP contribution >= 0.6 is 0 Å². The minimum atomic E-state index is 0.193. The predicted octanol–water partition coefficient (Wildman–Crippen LogP) is 2.92. The molecule has 2 heterocycles. The quantitative estimate of drug-likeness (QED) is 0.824. The van der Waals surface area contributed by atoms with E-state index in [9.17, 15) is 10.2 Å². The van der Waals surface area contributed by atoms with E-state index < -0.39 is 0 Å². The summed E-state index contributed by atoms with van der Waals surface area (Å²) in [5.74, 6) is 1.52. The van der Waals surface area contributed by atoms with Crippen molar-refractivity contribution in [2.75, 3.05) is 27.8 Å². The highest BCUT2D eigenvalue weighted by molar-refractivity contribution is 5.52. The number of fused-ring (bicyclic) bond motifs is 4. The SMILES string of the molecule is COc1cc2c(cc1O)C1Cc3ccc(OC)c(O)c3C[N+]1(C)CC2. The third kappa shape index (κ3) is 2.34. The molecule has 5 nitrogen and oxygen atoms in total. The molecule has 0 amide bonds. The summed E-state index contributed by atoms with van der Waals surface area (Å²) in [6, 6.07) is 7.98. The van der Waals surface area contributed by atoms with E-state index in [1.807, 2.05) is 18.2 Å². The van der Waals surface area contributed by atoms with Crippen LogP contribution in [0.3, 0.4) is 0 Å². The van der Waals surface area contributed by atoms with E-state index in [1.165, 1.54) is 11.1 Å². The van der Waals surface area contributed by atoms with E-state index in [0.29, 0.717) is 11.5 Å². The number of nitrogens with zero attached hydrogens (tertiary/aromatic N) is 1. The number of likely N-dealkylation sites (N-methyl/N-ethyl adjacent to an activating group) is 1. The molecule has 0 saturated heterocycles. The largest absolute Gasteiger partial charge is 0.504 e. The zero-order chi connectivity index (χ0) is 17.8. The first-order valence-electron chi connectivity index (χ1n) is 8.58. The van der Waals surface area contributed by atoms with Crippen molar-refractivity contribution in [2.45, 2.75) is 25.4 Å². The molecular formula is C20H24NO4+. The molecule has 132 valence electrons. The Balaban J connectivity index is 1.82. The average molecular weight is 342 g/mol. The average Bonchev–Trinajstić information content (AvgIpc) is 2.60. The maximum atomic E-state index is 10.6. The Bertz CT molecular complexity index is 848. The minimum Gasteiger partial charge on any atom is -0.504 e. The van der Waals surface area contributed by atoms with Crippen LogP contribution in [0.4, 0.5) is 0 Å². The first-order valence-corrected chi connectivity index (χ1v) is 8.58. The Labute approximate surface area is 147 Å². The zero-order valence-corrected chi connectivity index (χ0v) is 14.9. The van der Waals surface area contributed by atoms with Gasteiger partial charge < -0.3 is 24.2 Å². The summed E-state index contributed by atoms with van der Waals surface area (Å²) in [4.78, 5) is 0. The van der Waals surface area contributed by atoms with Crippen molar-refractivity contribution in [3.63, 3.8) is 0 Å². The van der Waals surface area contributed by atoms with E-state index in [1.54, 1.807) is 14.2 Å². The summed E-state index contributed by atoms with van der Waals surface area (Å²) < 4.78 is 11.4. The van der Waals surface area contributed by atoms with Crippen molar-refractivity contribution in [3.8, 4) is 23.0 Å². The van der Waals surface area contributed by atoms with Gasteiger partial charge in [-0.1, -0.05) is 6.07 Å². The van der Waals surface area contributed by atoms with E-state index in [-0.39, 0.29) is 17.5 Å². The molecule has 2 aliphatic heterocycles. The molecule has 0 bridgehead atoms. The lowest BCUT2D eigenvalue weighted by Crippen LogP contribution is -2.53. The lowest BCUT2D eigenvalue weighted by atomic mass is 9.81. The molecule has 2 N–H and O–H groups in total. The van der Waals surface area contributed by atoms with Crippen LogP contribution in [0, 0.1) is 0 Å². The highest BCUT2D eigenvalue weighted by Gasteiger charge is 2.44. The highest BCUT2D eigenvalue weighted by Crippen LogP contribution is 2.48. The van der Waals surface area contributed by atoms with Crippen molar-refractivity contribution < 1.29 is 24.2 Å². The monoisotopic (exact) mass is 342 g/mol. The number of hydrogen-bond donors (Lipinski definition) is 2. The fourth-order valence-electron chi connectivity index (χ4n) is 4.46. The second kappa shape index (κ2) is 5.56. The highest BCUT2D eigenvalue weighted by atomic mass is 16.5. The predicted molar refractivity (Wildman–Crippen MR) is 94.2 cm³/mol. The van der Waals surface area contributed by atoms with Crippen LogP contribution in [-0.4, -0.2) is 42.5 Å². The Morgan fingerprint density at radius 1 is 1.04 bits per heavy atom. The number of rotatable bonds is 2. The van der Waals surface area contributed by atoms with Crippen molar-refractivity contribution in [1.82, 2.24) is 0 Å². The second-order valence-electron chi connectivity index (χ2n) is 7.31. The van der Waals surface area contributed by atoms with Gasteiger partial charge in [0.25, 0.3) is 0 Å². The number of phenolic OH excluding ortho intramolecular Hbond substituents is 2. The van der Waals surface area contributed by atoms with Crippen LogP contribution in [0.15, 0.2) is 24.3 Å². The van der Waals surface area contributed by atoms with Crippen LogP contribution in [0.25, 0.3) is 0 Å². The van der Waals surface area contributed by atoms with Gasteiger partial charge in [0.05, 0.1) is 33.4 Å². The van der Waals surface area contributed by atoms with Crippen molar-refractivity contribution >= 4 is 0 Å². The minimum absolute atomic E-state index is 0.193. The smallest absolute Gasteiger partial charge is 0.166 e. The van der Waals surface area contributed by atoms with Gasteiger partial charge in [-0.05, 0) is 29.3 Å². The molecule has 0 aliphatic carbocycles. The summed E-state index contributed by atoms with van der Waals surface area (Å²) in [7, 11) is 5.39. The van der Waals surface area contributed by atoms with Gasteiger partial charge >= 0.3 is 0 Å². The van der Waals surface area contributed by atoms with Gasteiger partial charge in [-0.15, -0.1) is 0 Å². The summed E-state index contributed by atoms with van der Waals surface area (Å²) >= 11 is 0. The second-order valence-corrected chi connectivity index (χ2v) is 7.31. The topological polar surface area (TPSA) is 58.9 Å². The first kappa shape index (κ1) is 16.1. The molecule has 2 aliphatic rings. The summed E-state index contributed by atoms with van der Waals surface area (Å²) in [6.45, 7) is 1.75. The first-order chi connectivity index (χ1) is 12.0. The molecule has 2 atom stereocenters. The third-order valence-electron chi connectivity index (χ3n) is 5.94. The van der Waals surface area contributed by atoms with E-state index in [2.05, 4.69) is 13.1 Å². The molecule has 5 heteroatoms. The number of phenols is 2. The van der Waals surface area contributed by atoms with E-state index in [4.69, 9.17) is 9.47 Å². The van der Waals surface area contributed by atoms with Crippen molar-refractivity contribution in [3.05, 3.63) is 46.5 Å². The maximum absolute atomic E-state index is 10.6. The molecule has 0 spiro atoms. The molecule has 0 aromatic heterocycles. The molecule has 0 saturated carbocycles. The standard InChI is InChI=1S/C20H23NO4/c1-21-7-6-13-9-19(25-3)17(22)10-14(13)16(21)8-12-4-5-18(24-2)20(23)15(12)11-21/h4-5,9-10,16H,6-8,11H2,1-3H3,(H-,22,23)/p+1. The lowest BCUT2D eigenvalue weighted by Gasteiger charge is -2.49. The van der Waals surface area contributed by atoms with Crippen LogP contribution in [0.2, 0.25) is 0 Å². The molecule has 2 aromatic rings. The van der Waals surface area contributed by atoms with Gasteiger partial charge in [-0.25, -0.2) is 0 Å². The number of methoxy groups -OCH3 is 2. The van der Waals surface area contributed by atoms with Crippen molar-refractivity contribution in [1.29, 1.82) is 0 Å². The number of benzene rings is 2. The molecular weight excluding hydrogens is 318 g/mol. The van der Waals surface area contributed by atoms with Crippen LogP contribution in [0.5, 0.6) is 23.0 Å². The van der Waals surface area contributed by atoms with Gasteiger partial charge in [0.15, 0.2) is 23.0 Å². The summed E-state index contributed by atoms with van der Waals surface area (Å²) in [6.07, 6.45) is 1.77.